The maximum atomic E-state index is 12.4. The van der Waals surface area contributed by atoms with Gasteiger partial charge in [-0.1, -0.05) is 37.3 Å². The van der Waals surface area contributed by atoms with E-state index in [1.807, 2.05) is 37.3 Å². The predicted molar refractivity (Wildman–Crippen MR) is 98.4 cm³/mol. The summed E-state index contributed by atoms with van der Waals surface area (Å²) in [7, 11) is -3.12. The Morgan fingerprint density at radius 3 is 2.69 bits per heavy atom. The third-order valence-electron chi connectivity index (χ3n) is 4.81. The van der Waals surface area contributed by atoms with Crippen LogP contribution in [0.15, 0.2) is 35.4 Å². The Morgan fingerprint density at radius 2 is 2.04 bits per heavy atom. The Morgan fingerprint density at radius 1 is 1.31 bits per heavy atom. The van der Waals surface area contributed by atoms with Crippen LogP contribution in [0.5, 0.6) is 0 Å². The zero-order chi connectivity index (χ0) is 18.7. The van der Waals surface area contributed by atoms with Crippen molar-refractivity contribution in [1.29, 1.82) is 0 Å². The topological polar surface area (TPSA) is 95.9 Å². The van der Waals surface area contributed by atoms with Gasteiger partial charge in [0, 0.05) is 19.4 Å². The van der Waals surface area contributed by atoms with Gasteiger partial charge in [0.15, 0.2) is 9.84 Å². The number of hydrogen-bond donors (Lipinski definition) is 1. The fourth-order valence-corrected chi connectivity index (χ4v) is 4.93. The molecule has 7 nitrogen and oxygen atoms in total. The molecule has 0 saturated carbocycles. The summed E-state index contributed by atoms with van der Waals surface area (Å²) in [4.78, 5) is 24.5. The molecule has 1 fully saturated rings. The molecule has 0 spiro atoms. The fraction of sp³-hybridized carbons (Fsp3) is 0.500. The molecule has 2 aliphatic heterocycles. The first kappa shape index (κ1) is 18.6. The van der Waals surface area contributed by atoms with E-state index in [1.165, 1.54) is 5.01 Å². The van der Waals surface area contributed by atoms with Crippen molar-refractivity contribution in [3.8, 4) is 0 Å². The van der Waals surface area contributed by atoms with Crippen LogP contribution in [0.2, 0.25) is 0 Å². The second kappa shape index (κ2) is 7.57. The molecule has 2 heterocycles. The van der Waals surface area contributed by atoms with Gasteiger partial charge in [0.1, 0.15) is 5.71 Å². The van der Waals surface area contributed by atoms with Crippen LogP contribution in [0.25, 0.3) is 0 Å². The number of amides is 2. The summed E-state index contributed by atoms with van der Waals surface area (Å²) in [5.41, 5.74) is 1.42. The van der Waals surface area contributed by atoms with Crippen LogP contribution in [0.4, 0.5) is 0 Å². The average Bonchev–Trinajstić information content (AvgIpc) is 3.00. The van der Waals surface area contributed by atoms with E-state index in [0.29, 0.717) is 13.0 Å². The molecule has 0 unspecified atom stereocenters. The minimum Gasteiger partial charge on any atom is -0.350 e. The van der Waals surface area contributed by atoms with Crippen LogP contribution in [-0.2, 0) is 19.4 Å². The van der Waals surface area contributed by atoms with E-state index in [0.717, 1.165) is 5.56 Å². The number of hydrazone groups is 1. The van der Waals surface area contributed by atoms with Crippen molar-refractivity contribution in [2.24, 2.45) is 5.10 Å². The summed E-state index contributed by atoms with van der Waals surface area (Å²) in [6.45, 7) is 2.49. The average molecular weight is 377 g/mol. The van der Waals surface area contributed by atoms with Crippen LogP contribution in [0.1, 0.15) is 37.7 Å². The molecule has 26 heavy (non-hydrogen) atoms. The molecular weight excluding hydrogens is 354 g/mol. The summed E-state index contributed by atoms with van der Waals surface area (Å²) >= 11 is 0. The van der Waals surface area contributed by atoms with Crippen LogP contribution >= 0.6 is 0 Å². The molecule has 3 rings (SSSR count). The van der Waals surface area contributed by atoms with Crippen molar-refractivity contribution < 1.29 is 18.0 Å². The Kier molecular flexibility index (Phi) is 5.41. The lowest BCUT2D eigenvalue weighted by Gasteiger charge is -2.27. The second-order valence-corrected chi connectivity index (χ2v) is 9.09. The van der Waals surface area contributed by atoms with Gasteiger partial charge in [0.2, 0.25) is 5.91 Å². The number of nitrogens with zero attached hydrogens (tertiary/aromatic N) is 2. The maximum Gasteiger partial charge on any atom is 0.267 e. The van der Waals surface area contributed by atoms with Gasteiger partial charge in [-0.3, -0.25) is 9.59 Å². The molecule has 1 aromatic carbocycles. The standard InChI is InChI=1S/C18H23N3O4S/c1-13(14-5-3-2-4-6-14)11-19-18(23)16-7-8-17(22)21(20-16)15-9-10-26(24,25)12-15/h2-6,13,15H,7-12H2,1H3,(H,19,23)/t13-,15-/m1/s1. The highest BCUT2D eigenvalue weighted by Gasteiger charge is 2.37. The van der Waals surface area contributed by atoms with Crippen LogP contribution in [-0.4, -0.2) is 55.0 Å². The molecule has 140 valence electrons. The van der Waals surface area contributed by atoms with Gasteiger partial charge in [-0.15, -0.1) is 0 Å². The van der Waals surface area contributed by atoms with Gasteiger partial charge < -0.3 is 5.32 Å². The zero-order valence-electron chi connectivity index (χ0n) is 14.7. The zero-order valence-corrected chi connectivity index (χ0v) is 15.5. The molecule has 1 saturated heterocycles. The number of carbonyl (C=O) groups excluding carboxylic acids is 2. The van der Waals surface area contributed by atoms with E-state index in [1.54, 1.807) is 0 Å². The molecule has 1 aromatic rings. The molecule has 1 N–H and O–H groups in total. The third kappa shape index (κ3) is 4.30. The van der Waals surface area contributed by atoms with Crippen LogP contribution in [0.3, 0.4) is 0 Å². The molecule has 2 atom stereocenters. The Labute approximate surface area is 153 Å². The van der Waals surface area contributed by atoms with Gasteiger partial charge in [0.25, 0.3) is 5.91 Å². The Hall–Kier alpha value is -2.22. The SMILES string of the molecule is C[C@H](CNC(=O)C1=NN([C@@H]2CCS(=O)(=O)C2)C(=O)CC1)c1ccccc1. The largest absolute Gasteiger partial charge is 0.350 e. The minimum absolute atomic E-state index is 0.0626. The monoisotopic (exact) mass is 377 g/mol. The number of sulfone groups is 1. The minimum atomic E-state index is -3.12. The van der Waals surface area contributed by atoms with Crippen molar-refractivity contribution in [3.05, 3.63) is 35.9 Å². The molecule has 0 aromatic heterocycles. The molecule has 0 aliphatic carbocycles. The van der Waals surface area contributed by atoms with Crippen LogP contribution < -0.4 is 5.32 Å². The highest BCUT2D eigenvalue weighted by molar-refractivity contribution is 7.91. The van der Waals surface area contributed by atoms with Crippen LogP contribution in [0, 0.1) is 0 Å². The van der Waals surface area contributed by atoms with Gasteiger partial charge >= 0.3 is 0 Å². The summed E-state index contributed by atoms with van der Waals surface area (Å²) in [5, 5.41) is 8.26. The summed E-state index contributed by atoms with van der Waals surface area (Å²) < 4.78 is 23.3. The normalized spacial score (nSPS) is 23.4. The van der Waals surface area contributed by atoms with Crippen molar-refractivity contribution in [3.63, 3.8) is 0 Å². The second-order valence-electron chi connectivity index (χ2n) is 6.86. The van der Waals surface area contributed by atoms with E-state index in [9.17, 15) is 18.0 Å². The van der Waals surface area contributed by atoms with E-state index < -0.39 is 15.9 Å². The Balaban J connectivity index is 1.63. The molecule has 0 bridgehead atoms. The molecule has 2 aliphatic rings. The number of carbonyl (C=O) groups is 2. The Bertz CT molecular complexity index is 820. The van der Waals surface area contributed by atoms with Crippen molar-refractivity contribution >= 4 is 27.4 Å². The first-order valence-corrected chi connectivity index (χ1v) is 10.6. The fourth-order valence-electron chi connectivity index (χ4n) is 3.24. The number of benzene rings is 1. The third-order valence-corrected chi connectivity index (χ3v) is 6.56. The maximum absolute atomic E-state index is 12.4. The van der Waals surface area contributed by atoms with Gasteiger partial charge in [-0.2, -0.15) is 5.10 Å². The van der Waals surface area contributed by atoms with E-state index in [-0.39, 0.29) is 47.8 Å². The predicted octanol–water partition coefficient (Wildman–Crippen LogP) is 1.07. The number of hydrogen-bond acceptors (Lipinski definition) is 5. The first-order chi connectivity index (χ1) is 12.4. The summed E-state index contributed by atoms with van der Waals surface area (Å²) in [6, 6.07) is 9.42. The van der Waals surface area contributed by atoms with E-state index in [2.05, 4.69) is 10.4 Å². The van der Waals surface area contributed by atoms with Gasteiger partial charge in [-0.25, -0.2) is 13.4 Å². The number of nitrogens with one attached hydrogen (secondary N) is 1. The first-order valence-electron chi connectivity index (χ1n) is 8.79. The summed E-state index contributed by atoms with van der Waals surface area (Å²) in [5.74, 6) is -0.385. The lowest BCUT2D eigenvalue weighted by atomic mass is 10.0. The van der Waals surface area contributed by atoms with Crippen molar-refractivity contribution in [2.75, 3.05) is 18.1 Å². The van der Waals surface area contributed by atoms with E-state index in [4.69, 9.17) is 0 Å². The molecule has 2 amide bonds. The van der Waals surface area contributed by atoms with E-state index >= 15 is 0 Å². The van der Waals surface area contributed by atoms with Gasteiger partial charge in [-0.05, 0) is 17.9 Å². The summed E-state index contributed by atoms with van der Waals surface area (Å²) in [6.07, 6.45) is 0.828. The van der Waals surface area contributed by atoms with Crippen molar-refractivity contribution in [1.82, 2.24) is 10.3 Å². The highest BCUT2D eigenvalue weighted by atomic mass is 32.2. The molecule has 0 radical (unpaired) electrons. The highest BCUT2D eigenvalue weighted by Crippen LogP contribution is 2.22. The lowest BCUT2D eigenvalue weighted by molar-refractivity contribution is -0.133. The number of rotatable bonds is 5. The molecule has 8 heteroatoms. The molecular formula is C18H23N3O4S. The quantitative estimate of drug-likeness (QED) is 0.830. The lowest BCUT2D eigenvalue weighted by Crippen LogP contribution is -2.44. The van der Waals surface area contributed by atoms with Crippen molar-refractivity contribution in [2.45, 2.75) is 38.1 Å². The van der Waals surface area contributed by atoms with Gasteiger partial charge in [0.05, 0.1) is 17.5 Å². The smallest absolute Gasteiger partial charge is 0.267 e.